The van der Waals surface area contributed by atoms with Crippen molar-refractivity contribution in [3.8, 4) is 11.5 Å². The molecule has 86 valence electrons. The molecule has 0 amide bonds. The number of hydrogen-bond acceptors (Lipinski definition) is 4. The van der Waals surface area contributed by atoms with Crippen molar-refractivity contribution >= 4 is 6.29 Å². The Balaban J connectivity index is 2.32. The molecular formula is C12H15NO3. The van der Waals surface area contributed by atoms with E-state index in [-0.39, 0.29) is 6.04 Å². The van der Waals surface area contributed by atoms with Crippen LogP contribution in [0.3, 0.4) is 0 Å². The van der Waals surface area contributed by atoms with Crippen molar-refractivity contribution in [1.29, 1.82) is 0 Å². The lowest BCUT2D eigenvalue weighted by atomic mass is 10.1. The standard InChI is InChI=1S/C12H15NO3/c1-13(2)10(8-14)9-3-4-11-12(7-9)16-6-5-15-11/h3-4,7-8,10H,5-6H2,1-2H3. The van der Waals surface area contributed by atoms with E-state index in [0.29, 0.717) is 13.2 Å². The van der Waals surface area contributed by atoms with Crippen LogP contribution in [0.4, 0.5) is 0 Å². The van der Waals surface area contributed by atoms with E-state index < -0.39 is 0 Å². The van der Waals surface area contributed by atoms with Gasteiger partial charge in [-0.3, -0.25) is 4.90 Å². The van der Waals surface area contributed by atoms with Crippen LogP contribution >= 0.6 is 0 Å². The van der Waals surface area contributed by atoms with Crippen molar-refractivity contribution in [2.24, 2.45) is 0 Å². The quantitative estimate of drug-likeness (QED) is 0.720. The van der Waals surface area contributed by atoms with Crippen LogP contribution < -0.4 is 9.47 Å². The fourth-order valence-electron chi connectivity index (χ4n) is 1.74. The van der Waals surface area contributed by atoms with Gasteiger partial charge >= 0.3 is 0 Å². The summed E-state index contributed by atoms with van der Waals surface area (Å²) in [7, 11) is 3.74. The molecule has 0 saturated heterocycles. The van der Waals surface area contributed by atoms with Gasteiger partial charge in [-0.25, -0.2) is 0 Å². The maximum atomic E-state index is 11.0. The first-order valence-electron chi connectivity index (χ1n) is 5.23. The molecule has 16 heavy (non-hydrogen) atoms. The molecule has 1 aromatic rings. The number of carbonyl (C=O) groups is 1. The van der Waals surface area contributed by atoms with Crippen LogP contribution in [0, 0.1) is 0 Å². The van der Waals surface area contributed by atoms with Gasteiger partial charge in [-0.05, 0) is 31.8 Å². The zero-order valence-corrected chi connectivity index (χ0v) is 9.47. The normalized spacial score (nSPS) is 15.9. The maximum absolute atomic E-state index is 11.0. The molecule has 4 heteroatoms. The molecule has 2 rings (SSSR count). The Bertz CT molecular complexity index is 390. The molecule has 1 aliphatic heterocycles. The molecule has 0 fully saturated rings. The van der Waals surface area contributed by atoms with Crippen molar-refractivity contribution in [2.75, 3.05) is 27.3 Å². The Labute approximate surface area is 94.8 Å². The SMILES string of the molecule is CN(C)C(C=O)c1ccc2c(c1)OCCO2. The van der Waals surface area contributed by atoms with E-state index in [4.69, 9.17) is 9.47 Å². The van der Waals surface area contributed by atoms with E-state index in [9.17, 15) is 4.79 Å². The molecule has 0 spiro atoms. The zero-order valence-electron chi connectivity index (χ0n) is 9.47. The molecule has 0 radical (unpaired) electrons. The Hall–Kier alpha value is -1.55. The summed E-state index contributed by atoms with van der Waals surface area (Å²) in [6.45, 7) is 1.14. The molecule has 1 atom stereocenters. The lowest BCUT2D eigenvalue weighted by molar-refractivity contribution is -0.111. The van der Waals surface area contributed by atoms with Crippen LogP contribution in [0.1, 0.15) is 11.6 Å². The van der Waals surface area contributed by atoms with Gasteiger partial charge in [-0.2, -0.15) is 0 Å². The molecule has 0 saturated carbocycles. The second-order valence-electron chi connectivity index (χ2n) is 3.95. The van der Waals surface area contributed by atoms with Crippen LogP contribution in [0.2, 0.25) is 0 Å². The third-order valence-corrected chi connectivity index (χ3v) is 2.59. The number of hydrogen-bond donors (Lipinski definition) is 0. The molecule has 4 nitrogen and oxygen atoms in total. The fourth-order valence-corrected chi connectivity index (χ4v) is 1.74. The number of benzene rings is 1. The van der Waals surface area contributed by atoms with Gasteiger partial charge in [0.25, 0.3) is 0 Å². The van der Waals surface area contributed by atoms with E-state index in [1.807, 2.05) is 37.2 Å². The average molecular weight is 221 g/mol. The number of carbonyl (C=O) groups excluding carboxylic acids is 1. The second kappa shape index (κ2) is 4.53. The van der Waals surface area contributed by atoms with Gasteiger partial charge in [-0.1, -0.05) is 6.07 Å². The van der Waals surface area contributed by atoms with Crippen LogP contribution in [-0.2, 0) is 4.79 Å². The number of fused-ring (bicyclic) bond motifs is 1. The first kappa shape index (κ1) is 11.0. The fraction of sp³-hybridized carbons (Fsp3) is 0.417. The summed E-state index contributed by atoms with van der Waals surface area (Å²) < 4.78 is 10.9. The Morgan fingerprint density at radius 3 is 2.56 bits per heavy atom. The molecule has 0 aromatic heterocycles. The van der Waals surface area contributed by atoms with Crippen molar-refractivity contribution in [3.05, 3.63) is 23.8 Å². The Morgan fingerprint density at radius 1 is 1.25 bits per heavy atom. The van der Waals surface area contributed by atoms with Gasteiger partial charge in [0, 0.05) is 0 Å². The summed E-state index contributed by atoms with van der Waals surface area (Å²) in [5.74, 6) is 1.47. The van der Waals surface area contributed by atoms with Gasteiger partial charge in [0.15, 0.2) is 11.5 Å². The number of likely N-dealkylation sites (N-methyl/N-ethyl adjacent to an activating group) is 1. The molecule has 1 unspecified atom stereocenters. The summed E-state index contributed by atoms with van der Waals surface area (Å²) in [6, 6.07) is 5.38. The smallest absolute Gasteiger partial charge is 0.161 e. The zero-order chi connectivity index (χ0) is 11.5. The van der Waals surface area contributed by atoms with Crippen molar-refractivity contribution in [2.45, 2.75) is 6.04 Å². The van der Waals surface area contributed by atoms with E-state index in [1.54, 1.807) is 0 Å². The van der Waals surface area contributed by atoms with Gasteiger partial charge in [-0.15, -0.1) is 0 Å². The number of aldehydes is 1. The molecule has 0 N–H and O–H groups in total. The Morgan fingerprint density at radius 2 is 1.94 bits per heavy atom. The van der Waals surface area contributed by atoms with Crippen molar-refractivity contribution in [3.63, 3.8) is 0 Å². The van der Waals surface area contributed by atoms with E-state index in [2.05, 4.69) is 0 Å². The highest BCUT2D eigenvalue weighted by Gasteiger charge is 2.17. The van der Waals surface area contributed by atoms with E-state index >= 15 is 0 Å². The average Bonchev–Trinajstić information content (AvgIpc) is 2.29. The highest BCUT2D eigenvalue weighted by atomic mass is 16.6. The first-order chi connectivity index (χ1) is 7.72. The second-order valence-corrected chi connectivity index (χ2v) is 3.95. The maximum Gasteiger partial charge on any atom is 0.161 e. The highest BCUT2D eigenvalue weighted by Crippen LogP contribution is 2.33. The monoisotopic (exact) mass is 221 g/mol. The summed E-state index contributed by atoms with van der Waals surface area (Å²) in [6.07, 6.45) is 0.922. The minimum atomic E-state index is -0.240. The van der Waals surface area contributed by atoms with Gasteiger partial charge in [0.1, 0.15) is 19.5 Å². The van der Waals surface area contributed by atoms with Crippen molar-refractivity contribution in [1.82, 2.24) is 4.90 Å². The summed E-state index contributed by atoms with van der Waals surface area (Å²) >= 11 is 0. The van der Waals surface area contributed by atoms with E-state index in [1.165, 1.54) is 0 Å². The van der Waals surface area contributed by atoms with Crippen LogP contribution in [0.5, 0.6) is 11.5 Å². The molecule has 0 aliphatic carbocycles. The molecule has 1 aliphatic rings. The molecular weight excluding hydrogens is 206 g/mol. The van der Waals surface area contributed by atoms with Crippen molar-refractivity contribution < 1.29 is 14.3 Å². The Kier molecular flexibility index (Phi) is 3.10. The molecule has 1 aromatic carbocycles. The predicted octanol–water partition coefficient (Wildman–Crippen LogP) is 1.26. The van der Waals surface area contributed by atoms with Gasteiger partial charge < -0.3 is 14.3 Å². The van der Waals surface area contributed by atoms with Crippen LogP contribution in [0.15, 0.2) is 18.2 Å². The lowest BCUT2D eigenvalue weighted by Crippen LogP contribution is -2.22. The number of ether oxygens (including phenoxy) is 2. The van der Waals surface area contributed by atoms with Crippen LogP contribution in [-0.4, -0.2) is 38.5 Å². The predicted molar refractivity (Wildman–Crippen MR) is 59.9 cm³/mol. The third-order valence-electron chi connectivity index (χ3n) is 2.59. The topological polar surface area (TPSA) is 38.8 Å². The highest BCUT2D eigenvalue weighted by molar-refractivity contribution is 5.62. The summed E-state index contributed by atoms with van der Waals surface area (Å²) in [5, 5.41) is 0. The molecule has 1 heterocycles. The number of rotatable bonds is 3. The minimum absolute atomic E-state index is 0.240. The largest absolute Gasteiger partial charge is 0.486 e. The number of nitrogens with zero attached hydrogens (tertiary/aromatic N) is 1. The minimum Gasteiger partial charge on any atom is -0.486 e. The summed E-state index contributed by atoms with van der Waals surface area (Å²) in [5.41, 5.74) is 0.921. The lowest BCUT2D eigenvalue weighted by Gasteiger charge is -2.22. The summed E-state index contributed by atoms with van der Waals surface area (Å²) in [4.78, 5) is 12.9. The van der Waals surface area contributed by atoms with E-state index in [0.717, 1.165) is 23.3 Å². The third kappa shape index (κ3) is 2.02. The first-order valence-corrected chi connectivity index (χ1v) is 5.23. The van der Waals surface area contributed by atoms with Crippen LogP contribution in [0.25, 0.3) is 0 Å². The molecule has 0 bridgehead atoms. The van der Waals surface area contributed by atoms with Gasteiger partial charge in [0.2, 0.25) is 0 Å². The van der Waals surface area contributed by atoms with Gasteiger partial charge in [0.05, 0.1) is 6.04 Å².